The van der Waals surface area contributed by atoms with Gasteiger partial charge in [-0.05, 0) is 0 Å². The molecule has 0 aromatic heterocycles. The van der Waals surface area contributed by atoms with Gasteiger partial charge in [0, 0.05) is 17.1 Å². The summed E-state index contributed by atoms with van der Waals surface area (Å²) in [6, 6.07) is 0. The van der Waals surface area contributed by atoms with E-state index in [0.29, 0.717) is 0 Å². The third-order valence-corrected chi connectivity index (χ3v) is 0. The topological polar surface area (TPSA) is 17.1 Å². The van der Waals surface area contributed by atoms with E-state index in [1.165, 1.54) is 0 Å². The summed E-state index contributed by atoms with van der Waals surface area (Å²) in [5, 5.41) is 0. The third-order valence-electron chi connectivity index (χ3n) is 0. The zero-order valence-corrected chi connectivity index (χ0v) is 4.21. The standard InChI is InChI=1S/CH3.Cu.Mn.O/h1H3;;;/q-1;;;. The van der Waals surface area contributed by atoms with E-state index in [1.807, 2.05) is 0 Å². The molecule has 0 bridgehead atoms. The second kappa shape index (κ2) is 44.0. The Balaban J connectivity index is -0.00000000500. The van der Waals surface area contributed by atoms with E-state index < -0.39 is 0 Å². The van der Waals surface area contributed by atoms with Crippen molar-refractivity contribution in [3.05, 3.63) is 7.43 Å². The van der Waals surface area contributed by atoms with Crippen LogP contribution in [0.25, 0.3) is 0 Å². The molecule has 3 heteroatoms. The van der Waals surface area contributed by atoms with E-state index in [0.717, 1.165) is 0 Å². The van der Waals surface area contributed by atoms with Gasteiger partial charge in [0.1, 0.15) is 0 Å². The van der Waals surface area contributed by atoms with Crippen molar-refractivity contribution in [1.82, 2.24) is 0 Å². The van der Waals surface area contributed by atoms with Crippen molar-refractivity contribution in [2.45, 2.75) is 0 Å². The van der Waals surface area contributed by atoms with Gasteiger partial charge in [-0.2, -0.15) is 0 Å². The molecule has 0 aliphatic heterocycles. The molecular weight excluding hydrogens is 146 g/mol. The monoisotopic (exact) mass is 149 g/mol. The molecule has 0 unspecified atom stereocenters. The van der Waals surface area contributed by atoms with Crippen LogP contribution >= 0.6 is 0 Å². The third kappa shape index (κ3) is 13.6. The fourth-order valence-corrected chi connectivity index (χ4v) is 0. The SMILES string of the molecule is [CH3-].[Cu].[O]=[Mn]. The van der Waals surface area contributed by atoms with Crippen LogP contribution < -0.4 is 0 Å². The van der Waals surface area contributed by atoms with Crippen LogP contribution in [0.15, 0.2) is 0 Å². The van der Waals surface area contributed by atoms with Gasteiger partial charge >= 0.3 is 19.8 Å². The Morgan fingerprint density at radius 1 is 1.25 bits per heavy atom. The van der Waals surface area contributed by atoms with Gasteiger partial charge in [0.2, 0.25) is 0 Å². The minimum absolute atomic E-state index is 0. The first-order valence-corrected chi connectivity index (χ1v) is 0.636. The van der Waals surface area contributed by atoms with Gasteiger partial charge < -0.3 is 7.43 Å². The molecule has 4 heavy (non-hydrogen) atoms. The summed E-state index contributed by atoms with van der Waals surface area (Å²) in [5.74, 6) is 0. The van der Waals surface area contributed by atoms with Crippen LogP contribution in [-0.4, -0.2) is 0 Å². The normalized spacial score (nSPS) is 1.00. The Bertz CT molecular complexity index is 8.00. The van der Waals surface area contributed by atoms with E-state index in [2.05, 4.69) is 0 Å². The zero-order chi connectivity index (χ0) is 2.00. The van der Waals surface area contributed by atoms with Crippen molar-refractivity contribution in [3.8, 4) is 0 Å². The molecule has 0 rings (SSSR count). The van der Waals surface area contributed by atoms with Crippen LogP contribution in [0.3, 0.4) is 0 Å². The van der Waals surface area contributed by atoms with Crippen molar-refractivity contribution >= 4 is 0 Å². The van der Waals surface area contributed by atoms with Crippen LogP contribution in [0.1, 0.15) is 0 Å². The van der Waals surface area contributed by atoms with Gasteiger partial charge in [0.15, 0.2) is 0 Å². The van der Waals surface area contributed by atoms with Crippen molar-refractivity contribution in [1.29, 1.82) is 0 Å². The summed E-state index contributed by atoms with van der Waals surface area (Å²) in [5.41, 5.74) is 0. The van der Waals surface area contributed by atoms with E-state index in [1.54, 1.807) is 15.9 Å². The molecule has 0 N–H and O–H groups in total. The predicted molar refractivity (Wildman–Crippen MR) is 7.10 cm³/mol. The Morgan fingerprint density at radius 2 is 1.25 bits per heavy atom. The number of hydrogen-bond acceptors (Lipinski definition) is 1. The zero-order valence-electron chi connectivity index (χ0n) is 2.09. The van der Waals surface area contributed by atoms with Crippen LogP contribution in [0.5, 0.6) is 0 Å². The fourth-order valence-electron chi connectivity index (χ4n) is 0. The number of hydrogen-bond donors (Lipinski definition) is 0. The van der Waals surface area contributed by atoms with E-state index in [9.17, 15) is 0 Å². The predicted octanol–water partition coefficient (Wildman–Crippen LogP) is 0.326. The Morgan fingerprint density at radius 3 is 1.25 bits per heavy atom. The van der Waals surface area contributed by atoms with E-state index >= 15 is 0 Å². The molecule has 0 aromatic carbocycles. The first-order chi connectivity index (χ1) is 1.00. The van der Waals surface area contributed by atoms with Crippen molar-refractivity contribution < 1.29 is 36.8 Å². The first kappa shape index (κ1) is 21.1. The average molecular weight is 150 g/mol. The summed E-state index contributed by atoms with van der Waals surface area (Å²) in [6.45, 7) is 0. The second-order valence-electron chi connectivity index (χ2n) is 0. The first-order valence-electron chi connectivity index (χ1n) is 0.154. The van der Waals surface area contributed by atoms with Gasteiger partial charge in [-0.25, -0.2) is 0 Å². The van der Waals surface area contributed by atoms with Gasteiger partial charge in [-0.3, -0.25) is 0 Å². The average Bonchev–Trinajstić information content (AvgIpc) is 1.00. The summed E-state index contributed by atoms with van der Waals surface area (Å²) < 4.78 is 8.06. The Kier molecular flexibility index (Phi) is 232. The summed E-state index contributed by atoms with van der Waals surface area (Å²) >= 11 is 1.69. The van der Waals surface area contributed by atoms with Crippen molar-refractivity contribution in [2.75, 3.05) is 0 Å². The summed E-state index contributed by atoms with van der Waals surface area (Å²) in [7, 11) is 0. The molecule has 0 saturated heterocycles. The molecule has 32 valence electrons. The van der Waals surface area contributed by atoms with Crippen LogP contribution in [0.4, 0.5) is 0 Å². The maximum atomic E-state index is 8.06. The van der Waals surface area contributed by atoms with Gasteiger partial charge in [0.25, 0.3) is 0 Å². The van der Waals surface area contributed by atoms with Gasteiger partial charge in [-0.1, -0.05) is 0 Å². The molecule has 0 aromatic rings. The molecule has 0 aliphatic rings. The van der Waals surface area contributed by atoms with Crippen molar-refractivity contribution in [3.63, 3.8) is 0 Å². The Labute approximate surface area is 44.6 Å². The van der Waals surface area contributed by atoms with Crippen LogP contribution in [0.2, 0.25) is 0 Å². The molecule has 0 aliphatic carbocycles. The van der Waals surface area contributed by atoms with E-state index in [4.69, 9.17) is 3.83 Å². The van der Waals surface area contributed by atoms with E-state index in [-0.39, 0.29) is 24.5 Å². The van der Waals surface area contributed by atoms with Gasteiger partial charge in [0.05, 0.1) is 0 Å². The molecule has 0 spiro atoms. The molecule has 0 atom stereocenters. The summed E-state index contributed by atoms with van der Waals surface area (Å²) in [4.78, 5) is 0. The Hall–Kier alpha value is 0.839. The minimum atomic E-state index is 0. The quantitative estimate of drug-likeness (QED) is 0.358. The molecular formula is CH3CuMnO-. The number of rotatable bonds is 0. The molecule has 1 nitrogen and oxygen atoms in total. The fraction of sp³-hybridized carbons (Fsp3) is 0. The second-order valence-corrected chi connectivity index (χ2v) is 0. The van der Waals surface area contributed by atoms with Gasteiger partial charge in [-0.15, -0.1) is 0 Å². The summed E-state index contributed by atoms with van der Waals surface area (Å²) in [6.07, 6.45) is 0. The molecule has 0 heterocycles. The van der Waals surface area contributed by atoms with Crippen LogP contribution in [-0.2, 0) is 36.8 Å². The molecule has 0 saturated carbocycles. The molecule has 0 amide bonds. The molecule has 0 fully saturated rings. The van der Waals surface area contributed by atoms with Crippen LogP contribution in [0, 0.1) is 7.43 Å². The maximum absolute atomic E-state index is 8.06. The van der Waals surface area contributed by atoms with Crippen molar-refractivity contribution in [2.24, 2.45) is 0 Å². The molecule has 1 radical (unpaired) electrons.